The predicted octanol–water partition coefficient (Wildman–Crippen LogP) is 2.90. The lowest BCUT2D eigenvalue weighted by molar-refractivity contribution is -0.122. The number of carbonyl (C=O) groups excluding carboxylic acids is 1. The average Bonchev–Trinajstić information content (AvgIpc) is 2.81. The number of methoxy groups -OCH3 is 1. The van der Waals surface area contributed by atoms with E-state index in [-0.39, 0.29) is 18.9 Å². The first-order chi connectivity index (χ1) is 12.8. The van der Waals surface area contributed by atoms with Gasteiger partial charge in [0.25, 0.3) is 5.91 Å². The number of sulfonamides is 1. The van der Waals surface area contributed by atoms with Crippen molar-refractivity contribution in [3.63, 3.8) is 0 Å². The molecule has 2 aromatic carbocycles. The van der Waals surface area contributed by atoms with Gasteiger partial charge in [0, 0.05) is 18.7 Å². The molecule has 0 fully saturated rings. The molecule has 3 rings (SSSR count). The number of carbonyl (C=O) groups is 1. The van der Waals surface area contributed by atoms with Gasteiger partial charge in [0.1, 0.15) is 11.5 Å². The van der Waals surface area contributed by atoms with Crippen LogP contribution in [0.5, 0.6) is 11.5 Å². The summed E-state index contributed by atoms with van der Waals surface area (Å²) in [5.41, 5.74) is 0.912. The Morgan fingerprint density at radius 2 is 2.04 bits per heavy atom. The van der Waals surface area contributed by atoms with Crippen LogP contribution in [-0.2, 0) is 14.8 Å². The zero-order valence-corrected chi connectivity index (χ0v) is 16.4. The molecule has 0 radical (unpaired) electrons. The second-order valence-corrected chi connectivity index (χ2v) is 8.35. The van der Waals surface area contributed by atoms with E-state index in [1.807, 2.05) is 0 Å². The first-order valence-electron chi connectivity index (χ1n) is 8.17. The maximum absolute atomic E-state index is 12.7. The number of nitrogens with zero attached hydrogens (tertiary/aromatic N) is 1. The molecule has 2 aromatic rings. The second-order valence-electron chi connectivity index (χ2n) is 6.04. The Morgan fingerprint density at radius 1 is 1.30 bits per heavy atom. The number of para-hydroxylation sites is 2. The number of halogens is 1. The number of ether oxygens (including phenoxy) is 2. The van der Waals surface area contributed by atoms with E-state index in [9.17, 15) is 13.2 Å². The third-order valence-corrected chi connectivity index (χ3v) is 5.58. The standard InChI is InChI=1S/C18H19ClN2O5S/c1-25-15-8-7-12(11-13(15)19)20-18(22)17-9-10-21(27(2,23)24)14-5-3-4-6-16(14)26-17/h3-8,11,17H,9-10H2,1-2H3,(H,20,22). The van der Waals surface area contributed by atoms with Crippen molar-refractivity contribution in [3.05, 3.63) is 47.5 Å². The summed E-state index contributed by atoms with van der Waals surface area (Å²) in [6, 6.07) is 11.6. The Labute approximate surface area is 162 Å². The van der Waals surface area contributed by atoms with E-state index in [1.54, 1.807) is 42.5 Å². The Morgan fingerprint density at radius 3 is 2.70 bits per heavy atom. The fourth-order valence-electron chi connectivity index (χ4n) is 2.83. The van der Waals surface area contributed by atoms with E-state index in [1.165, 1.54) is 11.4 Å². The van der Waals surface area contributed by atoms with Crippen LogP contribution in [0.25, 0.3) is 0 Å². The molecule has 144 valence electrons. The van der Waals surface area contributed by atoms with Gasteiger partial charge in [-0.2, -0.15) is 0 Å². The lowest BCUT2D eigenvalue weighted by Crippen LogP contribution is -2.35. The van der Waals surface area contributed by atoms with Crippen molar-refractivity contribution in [1.82, 2.24) is 0 Å². The Balaban J connectivity index is 1.82. The molecule has 1 unspecified atom stereocenters. The zero-order chi connectivity index (χ0) is 19.6. The number of hydrogen-bond acceptors (Lipinski definition) is 5. The van der Waals surface area contributed by atoms with Crippen LogP contribution in [0.4, 0.5) is 11.4 Å². The van der Waals surface area contributed by atoms with Gasteiger partial charge in [-0.15, -0.1) is 0 Å². The van der Waals surface area contributed by atoms with Crippen LogP contribution >= 0.6 is 11.6 Å². The average molecular weight is 411 g/mol. The van der Waals surface area contributed by atoms with Gasteiger partial charge in [-0.1, -0.05) is 23.7 Å². The molecule has 0 saturated carbocycles. The van der Waals surface area contributed by atoms with E-state index in [2.05, 4.69) is 5.32 Å². The highest BCUT2D eigenvalue weighted by Gasteiger charge is 2.31. The SMILES string of the molecule is COc1ccc(NC(=O)C2CCN(S(C)(=O)=O)c3ccccc3O2)cc1Cl. The van der Waals surface area contributed by atoms with Crippen LogP contribution in [-0.4, -0.2) is 40.3 Å². The molecule has 0 spiro atoms. The Kier molecular flexibility index (Phi) is 5.48. The van der Waals surface area contributed by atoms with Crippen molar-refractivity contribution in [2.24, 2.45) is 0 Å². The van der Waals surface area contributed by atoms with Gasteiger partial charge >= 0.3 is 0 Å². The van der Waals surface area contributed by atoms with E-state index in [0.717, 1.165) is 6.26 Å². The number of benzene rings is 2. The molecule has 1 N–H and O–H groups in total. The van der Waals surface area contributed by atoms with Crippen LogP contribution in [0.15, 0.2) is 42.5 Å². The smallest absolute Gasteiger partial charge is 0.265 e. The quantitative estimate of drug-likeness (QED) is 0.837. The molecule has 27 heavy (non-hydrogen) atoms. The van der Waals surface area contributed by atoms with E-state index >= 15 is 0 Å². The van der Waals surface area contributed by atoms with Crippen molar-refractivity contribution in [2.45, 2.75) is 12.5 Å². The highest BCUT2D eigenvalue weighted by Crippen LogP contribution is 2.34. The Hall–Kier alpha value is -2.45. The Bertz CT molecular complexity index is 964. The first kappa shape index (κ1) is 19.3. The minimum absolute atomic E-state index is 0.136. The predicted molar refractivity (Wildman–Crippen MR) is 104 cm³/mol. The summed E-state index contributed by atoms with van der Waals surface area (Å²) in [7, 11) is -1.99. The van der Waals surface area contributed by atoms with Crippen LogP contribution in [0.1, 0.15) is 6.42 Å². The third kappa shape index (κ3) is 4.28. The lowest BCUT2D eigenvalue weighted by Gasteiger charge is -2.20. The maximum Gasteiger partial charge on any atom is 0.265 e. The number of anilines is 2. The van der Waals surface area contributed by atoms with Crippen LogP contribution in [0.2, 0.25) is 5.02 Å². The fraction of sp³-hybridized carbons (Fsp3) is 0.278. The molecule has 7 nitrogen and oxygen atoms in total. The second kappa shape index (κ2) is 7.66. The van der Waals surface area contributed by atoms with Gasteiger partial charge in [-0.25, -0.2) is 8.42 Å². The summed E-state index contributed by atoms with van der Waals surface area (Å²) >= 11 is 6.08. The normalized spacial score (nSPS) is 16.7. The summed E-state index contributed by atoms with van der Waals surface area (Å²) in [6.07, 6.45) is 0.486. The van der Waals surface area contributed by atoms with Crippen LogP contribution in [0.3, 0.4) is 0 Å². The number of nitrogens with one attached hydrogen (secondary N) is 1. The molecule has 0 aliphatic carbocycles. The van der Waals surface area contributed by atoms with Gasteiger partial charge in [0.15, 0.2) is 6.10 Å². The van der Waals surface area contributed by atoms with Crippen molar-refractivity contribution < 1.29 is 22.7 Å². The molecule has 1 atom stereocenters. The van der Waals surface area contributed by atoms with E-state index < -0.39 is 16.1 Å². The maximum atomic E-state index is 12.7. The zero-order valence-electron chi connectivity index (χ0n) is 14.8. The van der Waals surface area contributed by atoms with Crippen molar-refractivity contribution >= 4 is 38.9 Å². The number of amides is 1. The minimum atomic E-state index is -3.49. The molecule has 0 aromatic heterocycles. The number of hydrogen-bond donors (Lipinski definition) is 1. The summed E-state index contributed by atoms with van der Waals surface area (Å²) in [6.45, 7) is 0.136. The summed E-state index contributed by atoms with van der Waals surface area (Å²) in [4.78, 5) is 12.7. The van der Waals surface area contributed by atoms with Gasteiger partial charge < -0.3 is 14.8 Å². The van der Waals surface area contributed by atoms with Crippen molar-refractivity contribution in [1.29, 1.82) is 0 Å². The van der Waals surface area contributed by atoms with Crippen LogP contribution < -0.4 is 19.1 Å². The topological polar surface area (TPSA) is 84.9 Å². The van der Waals surface area contributed by atoms with Gasteiger partial charge in [-0.05, 0) is 30.3 Å². The summed E-state index contributed by atoms with van der Waals surface area (Å²) in [5.74, 6) is 0.452. The summed E-state index contributed by atoms with van der Waals surface area (Å²) < 4.78 is 36.4. The molecule has 0 saturated heterocycles. The molecule has 9 heteroatoms. The number of fused-ring (bicyclic) bond motifs is 1. The molecular weight excluding hydrogens is 392 g/mol. The molecule has 0 bridgehead atoms. The largest absolute Gasteiger partial charge is 0.495 e. The van der Waals surface area contributed by atoms with Gasteiger partial charge in [-0.3, -0.25) is 9.10 Å². The van der Waals surface area contributed by atoms with Crippen LogP contribution in [0, 0.1) is 0 Å². The minimum Gasteiger partial charge on any atom is -0.495 e. The molecule has 1 amide bonds. The molecular formula is C18H19ClN2O5S. The first-order valence-corrected chi connectivity index (χ1v) is 10.4. The highest BCUT2D eigenvalue weighted by molar-refractivity contribution is 7.92. The molecule has 1 aliphatic heterocycles. The van der Waals surface area contributed by atoms with Crippen molar-refractivity contribution in [2.75, 3.05) is 29.5 Å². The van der Waals surface area contributed by atoms with Gasteiger partial charge in [0.05, 0.1) is 24.1 Å². The molecule has 1 heterocycles. The van der Waals surface area contributed by atoms with Crippen molar-refractivity contribution in [3.8, 4) is 11.5 Å². The van der Waals surface area contributed by atoms with E-state index in [0.29, 0.717) is 27.9 Å². The monoisotopic (exact) mass is 410 g/mol. The molecule has 1 aliphatic rings. The third-order valence-electron chi connectivity index (χ3n) is 4.11. The lowest BCUT2D eigenvalue weighted by atomic mass is 10.2. The fourth-order valence-corrected chi connectivity index (χ4v) is 4.03. The number of rotatable bonds is 4. The van der Waals surface area contributed by atoms with Gasteiger partial charge in [0.2, 0.25) is 10.0 Å². The summed E-state index contributed by atoms with van der Waals surface area (Å²) in [5, 5.41) is 3.11. The van der Waals surface area contributed by atoms with E-state index in [4.69, 9.17) is 21.1 Å². The highest BCUT2D eigenvalue weighted by atomic mass is 35.5.